The Morgan fingerprint density at radius 2 is 2.06 bits per heavy atom. The van der Waals surface area contributed by atoms with Crippen molar-refractivity contribution in [1.82, 2.24) is 24.6 Å². The highest BCUT2D eigenvalue weighted by Crippen LogP contribution is 2.31. The van der Waals surface area contributed by atoms with E-state index in [1.165, 1.54) is 4.90 Å². The Kier molecular flexibility index (Phi) is 6.33. The summed E-state index contributed by atoms with van der Waals surface area (Å²) in [7, 11) is 0. The maximum Gasteiger partial charge on any atom is 0.329 e. The number of amides is 3. The van der Waals surface area contributed by atoms with Gasteiger partial charge in [-0.1, -0.05) is 13.8 Å². The Balaban J connectivity index is 1.44. The van der Waals surface area contributed by atoms with Crippen LogP contribution in [-0.2, 0) is 11.3 Å². The van der Waals surface area contributed by atoms with Gasteiger partial charge in [0.25, 0.3) is 0 Å². The zero-order valence-electron chi connectivity index (χ0n) is 20.6. The van der Waals surface area contributed by atoms with E-state index in [-0.39, 0.29) is 5.91 Å². The van der Waals surface area contributed by atoms with Crippen molar-refractivity contribution >= 4 is 17.8 Å². The van der Waals surface area contributed by atoms with Crippen molar-refractivity contribution in [3.05, 3.63) is 48.5 Å². The highest BCUT2D eigenvalue weighted by atomic mass is 16.5. The SMILES string of the molecule is Cc1nc(NC(=O)N2CCC(C)(C)C2=O)ccc1Oc1ccnc(-c2cnn(CC(C)(C)O)c2)c1. The van der Waals surface area contributed by atoms with Gasteiger partial charge in [-0.2, -0.15) is 5.10 Å². The Labute approximate surface area is 204 Å². The van der Waals surface area contributed by atoms with E-state index in [2.05, 4.69) is 20.4 Å². The van der Waals surface area contributed by atoms with Crippen molar-refractivity contribution in [2.45, 2.75) is 53.2 Å². The van der Waals surface area contributed by atoms with Crippen LogP contribution in [0.5, 0.6) is 11.5 Å². The molecule has 0 aliphatic carbocycles. The number of aromatic nitrogens is 4. The number of aryl methyl sites for hydroxylation is 1. The normalized spacial score (nSPS) is 15.4. The van der Waals surface area contributed by atoms with E-state index in [0.717, 1.165) is 5.56 Å². The molecule has 4 heterocycles. The zero-order chi connectivity index (χ0) is 25.4. The van der Waals surface area contributed by atoms with Gasteiger partial charge in [0.15, 0.2) is 0 Å². The number of carbonyl (C=O) groups excluding carboxylic acids is 2. The molecule has 4 rings (SSSR count). The topological polar surface area (TPSA) is 122 Å². The molecule has 0 atom stereocenters. The van der Waals surface area contributed by atoms with E-state index in [1.807, 2.05) is 20.0 Å². The third-order valence-electron chi connectivity index (χ3n) is 5.74. The lowest BCUT2D eigenvalue weighted by Crippen LogP contribution is -2.39. The first-order valence-corrected chi connectivity index (χ1v) is 11.4. The second kappa shape index (κ2) is 9.10. The number of imide groups is 1. The highest BCUT2D eigenvalue weighted by molar-refractivity contribution is 6.03. The quantitative estimate of drug-likeness (QED) is 0.549. The number of hydrogen-bond acceptors (Lipinski definition) is 7. The molecule has 0 spiro atoms. The number of nitrogens with one attached hydrogen (secondary N) is 1. The first-order chi connectivity index (χ1) is 16.4. The maximum absolute atomic E-state index is 12.5. The predicted octanol–water partition coefficient (Wildman–Crippen LogP) is 4.00. The minimum absolute atomic E-state index is 0.189. The van der Waals surface area contributed by atoms with Crippen molar-refractivity contribution in [2.24, 2.45) is 5.41 Å². The molecular weight excluding hydrogens is 448 g/mol. The number of likely N-dealkylation sites (tertiary alicyclic amines) is 1. The molecule has 3 aromatic rings. The molecule has 0 bridgehead atoms. The third kappa shape index (κ3) is 5.65. The summed E-state index contributed by atoms with van der Waals surface area (Å²) in [6, 6.07) is 6.40. The van der Waals surface area contributed by atoms with Crippen LogP contribution in [0.15, 0.2) is 42.9 Å². The van der Waals surface area contributed by atoms with Gasteiger partial charge in [0.05, 0.1) is 29.7 Å². The van der Waals surface area contributed by atoms with Crippen LogP contribution in [0.1, 0.15) is 39.8 Å². The molecule has 10 nitrogen and oxygen atoms in total. The molecule has 1 fully saturated rings. The smallest absolute Gasteiger partial charge is 0.329 e. The lowest BCUT2D eigenvalue weighted by atomic mass is 9.92. The Bertz CT molecular complexity index is 1260. The van der Waals surface area contributed by atoms with Crippen LogP contribution in [0.3, 0.4) is 0 Å². The summed E-state index contributed by atoms with van der Waals surface area (Å²) in [5.74, 6) is 1.24. The van der Waals surface area contributed by atoms with Crippen LogP contribution < -0.4 is 10.1 Å². The summed E-state index contributed by atoms with van der Waals surface area (Å²) >= 11 is 0. The minimum Gasteiger partial charge on any atom is -0.455 e. The van der Waals surface area contributed by atoms with Crippen LogP contribution in [0.25, 0.3) is 11.3 Å². The summed E-state index contributed by atoms with van der Waals surface area (Å²) in [6.07, 6.45) is 5.78. The fourth-order valence-electron chi connectivity index (χ4n) is 3.80. The summed E-state index contributed by atoms with van der Waals surface area (Å²) in [5.41, 5.74) is 0.644. The summed E-state index contributed by atoms with van der Waals surface area (Å²) in [5, 5.41) is 17.0. The molecule has 2 N–H and O–H groups in total. The van der Waals surface area contributed by atoms with Gasteiger partial charge in [0.2, 0.25) is 5.91 Å². The minimum atomic E-state index is -0.877. The molecule has 3 amide bonds. The van der Waals surface area contributed by atoms with E-state index in [0.29, 0.717) is 48.2 Å². The van der Waals surface area contributed by atoms with Gasteiger partial charge in [-0.3, -0.25) is 24.7 Å². The van der Waals surface area contributed by atoms with Gasteiger partial charge in [-0.15, -0.1) is 0 Å². The first kappa shape index (κ1) is 24.3. The number of pyridine rings is 2. The van der Waals surface area contributed by atoms with Gasteiger partial charge in [0.1, 0.15) is 17.3 Å². The second-order valence-electron chi connectivity index (χ2n) is 10.0. The maximum atomic E-state index is 12.5. The van der Waals surface area contributed by atoms with Crippen LogP contribution in [0.4, 0.5) is 10.6 Å². The Morgan fingerprint density at radius 1 is 1.29 bits per heavy atom. The lowest BCUT2D eigenvalue weighted by Gasteiger charge is -2.18. The Morgan fingerprint density at radius 3 is 2.71 bits per heavy atom. The van der Waals surface area contributed by atoms with E-state index < -0.39 is 17.0 Å². The van der Waals surface area contributed by atoms with Crippen molar-refractivity contribution in [3.8, 4) is 22.8 Å². The van der Waals surface area contributed by atoms with Gasteiger partial charge >= 0.3 is 6.03 Å². The molecule has 1 saturated heterocycles. The van der Waals surface area contributed by atoms with Crippen LogP contribution in [-0.4, -0.2) is 53.8 Å². The van der Waals surface area contributed by atoms with Crippen LogP contribution in [0, 0.1) is 12.3 Å². The number of urea groups is 1. The average molecular weight is 479 g/mol. The number of carbonyl (C=O) groups is 2. The molecule has 10 heteroatoms. The predicted molar refractivity (Wildman–Crippen MR) is 130 cm³/mol. The number of ether oxygens (including phenoxy) is 1. The summed E-state index contributed by atoms with van der Waals surface area (Å²) in [4.78, 5) is 35.0. The summed E-state index contributed by atoms with van der Waals surface area (Å²) < 4.78 is 7.68. The molecule has 1 aliphatic rings. The van der Waals surface area contributed by atoms with E-state index >= 15 is 0 Å². The first-order valence-electron chi connectivity index (χ1n) is 11.4. The number of hydrogen-bond donors (Lipinski definition) is 2. The standard InChI is InChI=1S/C25H30N6O4/c1-16-20(6-7-21(28-16)29-23(33)31-11-9-24(2,3)22(31)32)35-18-8-10-26-19(12-18)17-13-27-30(14-17)15-25(4,5)34/h6-8,10,12-14,34H,9,11,15H2,1-5H3,(H,28,29,33). The third-order valence-corrected chi connectivity index (χ3v) is 5.74. The van der Waals surface area contributed by atoms with E-state index in [9.17, 15) is 14.7 Å². The summed E-state index contributed by atoms with van der Waals surface area (Å²) in [6.45, 7) is 9.64. The van der Waals surface area contributed by atoms with Crippen LogP contribution >= 0.6 is 0 Å². The molecular formula is C25H30N6O4. The fraction of sp³-hybridized carbons (Fsp3) is 0.400. The van der Waals surface area contributed by atoms with Gasteiger partial charge in [0, 0.05) is 36.0 Å². The number of nitrogens with zero attached hydrogens (tertiary/aromatic N) is 5. The lowest BCUT2D eigenvalue weighted by molar-refractivity contribution is -0.131. The van der Waals surface area contributed by atoms with Gasteiger partial charge in [-0.05, 0) is 45.4 Å². The number of rotatable bonds is 6. The van der Waals surface area contributed by atoms with E-state index in [1.54, 1.807) is 62.1 Å². The molecule has 1 aliphatic heterocycles. The van der Waals surface area contributed by atoms with Crippen molar-refractivity contribution in [3.63, 3.8) is 0 Å². The van der Waals surface area contributed by atoms with Crippen molar-refractivity contribution in [1.29, 1.82) is 0 Å². The number of aliphatic hydroxyl groups is 1. The largest absolute Gasteiger partial charge is 0.455 e. The van der Waals surface area contributed by atoms with Crippen molar-refractivity contribution < 1.29 is 19.4 Å². The molecule has 184 valence electrons. The van der Waals surface area contributed by atoms with Crippen LogP contribution in [0.2, 0.25) is 0 Å². The molecule has 0 aromatic carbocycles. The Hall–Kier alpha value is -3.79. The highest BCUT2D eigenvalue weighted by Gasteiger charge is 2.41. The average Bonchev–Trinajstić information content (AvgIpc) is 3.33. The molecule has 0 unspecified atom stereocenters. The second-order valence-corrected chi connectivity index (χ2v) is 10.0. The zero-order valence-corrected chi connectivity index (χ0v) is 20.6. The fourth-order valence-corrected chi connectivity index (χ4v) is 3.80. The molecule has 0 saturated carbocycles. The van der Waals surface area contributed by atoms with E-state index in [4.69, 9.17) is 4.74 Å². The van der Waals surface area contributed by atoms with Crippen molar-refractivity contribution in [2.75, 3.05) is 11.9 Å². The molecule has 35 heavy (non-hydrogen) atoms. The van der Waals surface area contributed by atoms with Gasteiger partial charge in [-0.25, -0.2) is 9.78 Å². The monoisotopic (exact) mass is 478 g/mol. The molecule has 3 aromatic heterocycles. The van der Waals surface area contributed by atoms with Gasteiger partial charge < -0.3 is 9.84 Å². The molecule has 0 radical (unpaired) electrons. The number of anilines is 1.